The Balaban J connectivity index is 2.33. The maximum atomic E-state index is 13.6. The van der Waals surface area contributed by atoms with Gasteiger partial charge >= 0.3 is 0 Å². The summed E-state index contributed by atoms with van der Waals surface area (Å²) in [6.07, 6.45) is 1.37. The van der Waals surface area contributed by atoms with E-state index in [1.807, 2.05) is 0 Å². The SMILES string of the molecule is Cn1ncc(N)c1C(=O)Nc1c(F)cccc1Br. The summed E-state index contributed by atoms with van der Waals surface area (Å²) in [6.45, 7) is 0. The fourth-order valence-electron chi connectivity index (χ4n) is 1.52. The van der Waals surface area contributed by atoms with E-state index in [0.29, 0.717) is 4.47 Å². The van der Waals surface area contributed by atoms with Crippen molar-refractivity contribution in [2.24, 2.45) is 7.05 Å². The number of carbonyl (C=O) groups is 1. The number of nitrogen functional groups attached to an aromatic ring is 1. The summed E-state index contributed by atoms with van der Waals surface area (Å²) in [7, 11) is 1.58. The Hall–Kier alpha value is -1.89. The smallest absolute Gasteiger partial charge is 0.276 e. The molecule has 0 radical (unpaired) electrons. The molecule has 1 heterocycles. The summed E-state index contributed by atoms with van der Waals surface area (Å²) >= 11 is 3.17. The molecule has 0 saturated heterocycles. The summed E-state index contributed by atoms with van der Waals surface area (Å²) in [5.41, 5.74) is 6.12. The molecule has 1 aromatic heterocycles. The number of amides is 1. The molecule has 5 nitrogen and oxygen atoms in total. The highest BCUT2D eigenvalue weighted by atomic mass is 79.9. The van der Waals surface area contributed by atoms with Crippen molar-refractivity contribution in [3.05, 3.63) is 40.4 Å². The van der Waals surface area contributed by atoms with Crippen LogP contribution in [-0.2, 0) is 7.05 Å². The summed E-state index contributed by atoms with van der Waals surface area (Å²) in [4.78, 5) is 12.0. The third kappa shape index (κ3) is 2.21. The van der Waals surface area contributed by atoms with Gasteiger partial charge < -0.3 is 11.1 Å². The molecule has 1 amide bonds. The zero-order chi connectivity index (χ0) is 13.3. The number of halogens is 2. The summed E-state index contributed by atoms with van der Waals surface area (Å²) in [5, 5.41) is 6.31. The van der Waals surface area contributed by atoms with Crippen molar-refractivity contribution in [1.29, 1.82) is 0 Å². The molecule has 0 aliphatic carbocycles. The molecule has 0 aliphatic rings. The number of benzene rings is 1. The van der Waals surface area contributed by atoms with Crippen LogP contribution in [0, 0.1) is 5.82 Å². The second-order valence-corrected chi connectivity index (χ2v) is 4.48. The minimum absolute atomic E-state index is 0.0723. The predicted octanol–water partition coefficient (Wildman–Crippen LogP) is 2.16. The van der Waals surface area contributed by atoms with Crippen LogP contribution in [0.1, 0.15) is 10.5 Å². The highest BCUT2D eigenvalue weighted by Gasteiger charge is 2.17. The number of hydrogen-bond donors (Lipinski definition) is 2. The van der Waals surface area contributed by atoms with Crippen LogP contribution in [0.25, 0.3) is 0 Å². The minimum atomic E-state index is -0.529. The third-order valence-corrected chi connectivity index (χ3v) is 3.04. The first-order valence-electron chi connectivity index (χ1n) is 5.03. The molecule has 1 aromatic carbocycles. The van der Waals surface area contributed by atoms with E-state index >= 15 is 0 Å². The number of nitrogens with one attached hydrogen (secondary N) is 1. The van der Waals surface area contributed by atoms with Gasteiger partial charge in [0.1, 0.15) is 11.5 Å². The number of aromatic nitrogens is 2. The molecule has 3 N–H and O–H groups in total. The van der Waals surface area contributed by atoms with Gasteiger partial charge in [0.2, 0.25) is 0 Å². The molecule has 0 saturated carbocycles. The zero-order valence-electron chi connectivity index (χ0n) is 9.45. The first-order valence-corrected chi connectivity index (χ1v) is 5.83. The topological polar surface area (TPSA) is 72.9 Å². The van der Waals surface area contributed by atoms with Gasteiger partial charge in [-0.05, 0) is 28.1 Å². The van der Waals surface area contributed by atoms with E-state index in [-0.39, 0.29) is 17.1 Å². The second kappa shape index (κ2) is 4.77. The molecule has 0 aliphatic heterocycles. The Morgan fingerprint density at radius 3 is 2.83 bits per heavy atom. The van der Waals surface area contributed by atoms with E-state index in [4.69, 9.17) is 5.73 Å². The van der Waals surface area contributed by atoms with E-state index in [9.17, 15) is 9.18 Å². The van der Waals surface area contributed by atoms with E-state index in [0.717, 1.165) is 0 Å². The van der Waals surface area contributed by atoms with Crippen LogP contribution in [0.2, 0.25) is 0 Å². The van der Waals surface area contributed by atoms with Gasteiger partial charge in [0.05, 0.1) is 17.6 Å². The van der Waals surface area contributed by atoms with Crippen molar-refractivity contribution in [1.82, 2.24) is 9.78 Å². The van der Waals surface area contributed by atoms with Gasteiger partial charge in [-0.25, -0.2) is 4.39 Å². The van der Waals surface area contributed by atoms with E-state index in [2.05, 4.69) is 26.3 Å². The summed E-state index contributed by atoms with van der Waals surface area (Å²) in [6, 6.07) is 4.42. The lowest BCUT2D eigenvalue weighted by Gasteiger charge is -2.09. The van der Waals surface area contributed by atoms with E-state index < -0.39 is 11.7 Å². The Bertz CT molecular complexity index is 571. The molecular formula is C11H10BrFN4O. The lowest BCUT2D eigenvalue weighted by atomic mass is 10.3. The van der Waals surface area contributed by atoms with Crippen LogP contribution >= 0.6 is 15.9 Å². The molecule has 18 heavy (non-hydrogen) atoms. The van der Waals surface area contributed by atoms with Gasteiger partial charge in [0.15, 0.2) is 0 Å². The Kier molecular flexibility index (Phi) is 3.33. The number of aryl methyl sites for hydroxylation is 1. The second-order valence-electron chi connectivity index (χ2n) is 3.62. The van der Waals surface area contributed by atoms with Crippen LogP contribution < -0.4 is 11.1 Å². The van der Waals surface area contributed by atoms with Crippen LogP contribution in [0.15, 0.2) is 28.9 Å². The molecule has 0 unspecified atom stereocenters. The van der Waals surface area contributed by atoms with E-state index in [1.165, 1.54) is 23.0 Å². The van der Waals surface area contributed by atoms with Gasteiger partial charge in [-0.15, -0.1) is 0 Å². The Labute approximate surface area is 111 Å². The van der Waals surface area contributed by atoms with Gasteiger partial charge in [-0.2, -0.15) is 5.10 Å². The Morgan fingerprint density at radius 2 is 2.28 bits per heavy atom. The number of nitrogens with two attached hydrogens (primary N) is 1. The van der Waals surface area contributed by atoms with Crippen LogP contribution in [0.5, 0.6) is 0 Å². The summed E-state index contributed by atoms with van der Waals surface area (Å²) < 4.78 is 15.3. The number of nitrogens with zero attached hydrogens (tertiary/aromatic N) is 2. The number of anilines is 2. The fraction of sp³-hybridized carbons (Fsp3) is 0.0909. The minimum Gasteiger partial charge on any atom is -0.396 e. The number of rotatable bonds is 2. The normalized spacial score (nSPS) is 10.4. The molecule has 0 atom stereocenters. The van der Waals surface area contributed by atoms with Crippen molar-refractivity contribution in [3.63, 3.8) is 0 Å². The molecule has 7 heteroatoms. The average molecular weight is 313 g/mol. The van der Waals surface area contributed by atoms with E-state index in [1.54, 1.807) is 13.1 Å². The first kappa shape index (κ1) is 12.6. The molecule has 2 aromatic rings. The first-order chi connectivity index (χ1) is 8.50. The number of carbonyl (C=O) groups excluding carboxylic acids is 1. The molecular weight excluding hydrogens is 303 g/mol. The monoisotopic (exact) mass is 312 g/mol. The Morgan fingerprint density at radius 1 is 1.56 bits per heavy atom. The molecule has 94 valence electrons. The standard InChI is InChI=1S/C11H10BrFN4O/c1-17-10(8(14)5-15-17)11(18)16-9-6(12)3-2-4-7(9)13/h2-5H,14H2,1H3,(H,16,18). The third-order valence-electron chi connectivity index (χ3n) is 2.38. The van der Waals surface area contributed by atoms with Gasteiger partial charge in [-0.1, -0.05) is 6.07 Å². The van der Waals surface area contributed by atoms with Crippen molar-refractivity contribution in [2.75, 3.05) is 11.1 Å². The lowest BCUT2D eigenvalue weighted by Crippen LogP contribution is -2.18. The van der Waals surface area contributed by atoms with Gasteiger partial charge in [0, 0.05) is 11.5 Å². The van der Waals surface area contributed by atoms with Crippen molar-refractivity contribution < 1.29 is 9.18 Å². The quantitative estimate of drug-likeness (QED) is 0.892. The largest absolute Gasteiger partial charge is 0.396 e. The molecule has 2 rings (SSSR count). The highest BCUT2D eigenvalue weighted by molar-refractivity contribution is 9.10. The maximum absolute atomic E-state index is 13.6. The van der Waals surface area contributed by atoms with Crippen molar-refractivity contribution in [2.45, 2.75) is 0 Å². The highest BCUT2D eigenvalue weighted by Crippen LogP contribution is 2.26. The lowest BCUT2D eigenvalue weighted by molar-refractivity contribution is 0.101. The van der Waals surface area contributed by atoms with Gasteiger partial charge in [-0.3, -0.25) is 9.48 Å². The number of hydrogen-bond acceptors (Lipinski definition) is 3. The van der Waals surface area contributed by atoms with Gasteiger partial charge in [0.25, 0.3) is 5.91 Å². The predicted molar refractivity (Wildman–Crippen MR) is 69.7 cm³/mol. The number of para-hydroxylation sites is 1. The van der Waals surface area contributed by atoms with Crippen LogP contribution in [0.4, 0.5) is 15.8 Å². The maximum Gasteiger partial charge on any atom is 0.276 e. The van der Waals surface area contributed by atoms with Crippen LogP contribution in [0.3, 0.4) is 0 Å². The molecule has 0 bridgehead atoms. The molecule has 0 fully saturated rings. The molecule has 0 spiro atoms. The van der Waals surface area contributed by atoms with Crippen molar-refractivity contribution in [3.8, 4) is 0 Å². The van der Waals surface area contributed by atoms with Crippen LogP contribution in [-0.4, -0.2) is 15.7 Å². The van der Waals surface area contributed by atoms with Crippen molar-refractivity contribution >= 4 is 33.2 Å². The summed E-state index contributed by atoms with van der Waals surface area (Å²) in [5.74, 6) is -1.04. The average Bonchev–Trinajstić information content (AvgIpc) is 2.64. The zero-order valence-corrected chi connectivity index (χ0v) is 11.0. The fourth-order valence-corrected chi connectivity index (χ4v) is 1.96.